The molecule has 292 valence electrons. The number of carbonyl (C=O) groups excluding carboxylic acids is 2. The van der Waals surface area contributed by atoms with E-state index in [4.69, 9.17) is 24.5 Å². The SMILES string of the molecule is COc1ccc2c(Oc3ccc(NC(=O)c4c(C)n(CC(C)OC(=O)C(C)N)n(-c5ccccc5)c4=O)cc3F)ccnc2c1.Cc1ccc(S(=O)(=O)O)cc1. The van der Waals surface area contributed by atoms with Gasteiger partial charge in [0.1, 0.15) is 29.2 Å². The number of aryl methyl sites for hydroxylation is 1. The Hall–Kier alpha value is -6.36. The van der Waals surface area contributed by atoms with Crippen LogP contribution in [-0.4, -0.2) is 58.5 Å². The average molecular weight is 786 g/mol. The molecule has 6 aromatic rings. The number of rotatable bonds is 11. The highest BCUT2D eigenvalue weighted by Crippen LogP contribution is 2.33. The molecule has 14 nitrogen and oxygen atoms in total. The second kappa shape index (κ2) is 17.4. The summed E-state index contributed by atoms with van der Waals surface area (Å²) in [4.78, 5) is 43.5. The molecule has 4 N–H and O–H groups in total. The van der Waals surface area contributed by atoms with Gasteiger partial charge in [-0.25, -0.2) is 9.07 Å². The van der Waals surface area contributed by atoms with E-state index < -0.39 is 45.5 Å². The number of methoxy groups -OCH3 is 1. The van der Waals surface area contributed by atoms with Crippen molar-refractivity contribution in [3.05, 3.63) is 136 Å². The van der Waals surface area contributed by atoms with Crippen molar-refractivity contribution in [2.75, 3.05) is 12.4 Å². The van der Waals surface area contributed by atoms with Crippen molar-refractivity contribution in [2.45, 2.75) is 51.3 Å². The van der Waals surface area contributed by atoms with Gasteiger partial charge in [0, 0.05) is 29.4 Å². The van der Waals surface area contributed by atoms with E-state index in [1.165, 1.54) is 35.9 Å². The number of para-hydroxylation sites is 1. The van der Waals surface area contributed by atoms with E-state index >= 15 is 4.39 Å². The van der Waals surface area contributed by atoms with E-state index in [1.54, 1.807) is 98.6 Å². The first-order chi connectivity index (χ1) is 26.6. The summed E-state index contributed by atoms with van der Waals surface area (Å²) in [6.45, 7) is 6.70. The van der Waals surface area contributed by atoms with Crippen LogP contribution in [-0.2, 0) is 26.2 Å². The van der Waals surface area contributed by atoms with Crippen LogP contribution in [0, 0.1) is 19.7 Å². The minimum absolute atomic E-state index is 0.0666. The highest BCUT2D eigenvalue weighted by molar-refractivity contribution is 7.85. The fraction of sp³-hybridized carbons (Fsp3) is 0.200. The van der Waals surface area contributed by atoms with Crippen LogP contribution in [0.4, 0.5) is 10.1 Å². The minimum Gasteiger partial charge on any atom is -0.497 e. The maximum Gasteiger partial charge on any atom is 0.322 e. The minimum atomic E-state index is -4.02. The number of nitrogens with two attached hydrogens (primary N) is 1. The summed E-state index contributed by atoms with van der Waals surface area (Å²) in [6.07, 6.45) is 0.880. The molecule has 0 saturated heterocycles. The molecule has 2 aromatic heterocycles. The van der Waals surface area contributed by atoms with Crippen LogP contribution in [0.5, 0.6) is 17.2 Å². The number of ether oxygens (including phenoxy) is 3. The fourth-order valence-corrected chi connectivity index (χ4v) is 6.02. The van der Waals surface area contributed by atoms with Gasteiger partial charge in [0.05, 0.1) is 35.4 Å². The molecule has 0 saturated carbocycles. The van der Waals surface area contributed by atoms with Crippen molar-refractivity contribution < 1.29 is 41.2 Å². The van der Waals surface area contributed by atoms with Crippen LogP contribution in [0.2, 0.25) is 0 Å². The molecule has 0 aliphatic heterocycles. The lowest BCUT2D eigenvalue weighted by Crippen LogP contribution is -2.34. The predicted octanol–water partition coefficient (Wildman–Crippen LogP) is 6.21. The summed E-state index contributed by atoms with van der Waals surface area (Å²) in [5.41, 5.74) is 7.40. The number of amides is 1. The zero-order valence-corrected chi connectivity index (χ0v) is 31.9. The van der Waals surface area contributed by atoms with Crippen molar-refractivity contribution >= 4 is 38.6 Å². The summed E-state index contributed by atoms with van der Waals surface area (Å²) in [5.74, 6) is -1.11. The maximum atomic E-state index is 15.2. The molecule has 0 spiro atoms. The van der Waals surface area contributed by atoms with Crippen molar-refractivity contribution in [3.63, 3.8) is 0 Å². The number of hydrogen-bond donors (Lipinski definition) is 3. The highest BCUT2D eigenvalue weighted by atomic mass is 32.2. The quantitative estimate of drug-likeness (QED) is 0.0999. The molecule has 6 rings (SSSR count). The number of anilines is 1. The van der Waals surface area contributed by atoms with Crippen LogP contribution >= 0.6 is 0 Å². The van der Waals surface area contributed by atoms with Gasteiger partial charge in [-0.15, -0.1) is 0 Å². The number of hydrogen-bond acceptors (Lipinski definition) is 10. The Labute approximate surface area is 322 Å². The van der Waals surface area contributed by atoms with E-state index in [0.29, 0.717) is 33.8 Å². The van der Waals surface area contributed by atoms with Gasteiger partial charge in [0.25, 0.3) is 21.6 Å². The molecule has 4 aromatic carbocycles. The van der Waals surface area contributed by atoms with Gasteiger partial charge in [-0.2, -0.15) is 8.42 Å². The molecule has 0 fully saturated rings. The summed E-state index contributed by atoms with van der Waals surface area (Å²) in [7, 11) is -2.47. The Morgan fingerprint density at radius 1 is 0.946 bits per heavy atom. The molecule has 0 aliphatic rings. The van der Waals surface area contributed by atoms with Crippen LogP contribution < -0.4 is 26.1 Å². The lowest BCUT2D eigenvalue weighted by atomic mass is 10.2. The van der Waals surface area contributed by atoms with Crippen molar-refractivity contribution in [3.8, 4) is 22.9 Å². The van der Waals surface area contributed by atoms with Gasteiger partial charge in [0.2, 0.25) is 0 Å². The predicted molar refractivity (Wildman–Crippen MR) is 208 cm³/mol. The van der Waals surface area contributed by atoms with Crippen LogP contribution in [0.15, 0.2) is 113 Å². The Bertz CT molecular complexity index is 2540. The first-order valence-electron chi connectivity index (χ1n) is 17.2. The van der Waals surface area contributed by atoms with Crippen molar-refractivity contribution in [1.82, 2.24) is 14.3 Å². The molecular weight excluding hydrogens is 746 g/mol. The molecule has 56 heavy (non-hydrogen) atoms. The fourth-order valence-electron chi connectivity index (χ4n) is 5.54. The van der Waals surface area contributed by atoms with Gasteiger partial charge < -0.3 is 25.3 Å². The Morgan fingerprint density at radius 2 is 1.64 bits per heavy atom. The largest absolute Gasteiger partial charge is 0.497 e. The highest BCUT2D eigenvalue weighted by Gasteiger charge is 2.26. The number of fused-ring (bicyclic) bond motifs is 1. The normalized spacial score (nSPS) is 12.2. The third kappa shape index (κ3) is 9.65. The van der Waals surface area contributed by atoms with Gasteiger partial charge in [-0.1, -0.05) is 35.9 Å². The number of halogens is 1. The lowest BCUT2D eigenvalue weighted by molar-refractivity contribution is -0.150. The van der Waals surface area contributed by atoms with Gasteiger partial charge in [-0.05, 0) is 82.3 Å². The first-order valence-corrected chi connectivity index (χ1v) is 18.6. The molecule has 2 atom stereocenters. The van der Waals surface area contributed by atoms with E-state index in [0.717, 1.165) is 11.6 Å². The molecule has 2 heterocycles. The number of carbonyl (C=O) groups is 2. The van der Waals surface area contributed by atoms with E-state index in [9.17, 15) is 22.8 Å². The molecule has 0 bridgehead atoms. The zero-order valence-electron chi connectivity index (χ0n) is 31.1. The number of aromatic nitrogens is 3. The molecular formula is C40H40FN5O9S. The summed E-state index contributed by atoms with van der Waals surface area (Å²) < 4.78 is 64.2. The summed E-state index contributed by atoms with van der Waals surface area (Å²) >= 11 is 0. The Balaban J connectivity index is 0.000000470. The van der Waals surface area contributed by atoms with E-state index in [1.807, 2.05) is 6.92 Å². The standard InChI is InChI=1S/C33H32FN5O6.C7H8O3S/c1-19(44-33(42)20(2)35)18-38-21(3)30(32(41)39(38)23-8-6-5-7-9-23)31(40)37-22-10-13-29(26(34)16-22)45-28-14-15-36-27-17-24(43-4)11-12-25(27)28;1-6-2-4-7(5-3-6)11(8,9)10/h5-17,19-20H,18,35H2,1-4H3,(H,37,40);2-5H,1H3,(H,8,9,10). The number of benzene rings is 4. The van der Waals surface area contributed by atoms with Crippen LogP contribution in [0.25, 0.3) is 16.6 Å². The summed E-state index contributed by atoms with van der Waals surface area (Å²) in [5, 5.41) is 3.28. The molecule has 1 amide bonds. The number of nitrogens with one attached hydrogen (secondary N) is 1. The van der Waals surface area contributed by atoms with Gasteiger partial charge in [0.15, 0.2) is 11.6 Å². The van der Waals surface area contributed by atoms with Crippen molar-refractivity contribution in [2.24, 2.45) is 5.73 Å². The lowest BCUT2D eigenvalue weighted by Gasteiger charge is -2.19. The number of pyridine rings is 1. The number of esters is 1. The van der Waals surface area contributed by atoms with E-state index in [-0.39, 0.29) is 28.4 Å². The first kappa shape index (κ1) is 40.8. The average Bonchev–Trinajstić information content (AvgIpc) is 3.40. The van der Waals surface area contributed by atoms with Gasteiger partial charge >= 0.3 is 5.97 Å². The Kier molecular flexibility index (Phi) is 12.7. The van der Waals surface area contributed by atoms with Gasteiger partial charge in [-0.3, -0.25) is 28.6 Å². The third-order valence-electron chi connectivity index (χ3n) is 8.38. The smallest absolute Gasteiger partial charge is 0.322 e. The zero-order chi connectivity index (χ0) is 40.7. The number of nitrogens with zero attached hydrogens (tertiary/aromatic N) is 3. The molecule has 0 radical (unpaired) electrons. The second-order valence-corrected chi connectivity index (χ2v) is 14.1. The van der Waals surface area contributed by atoms with Crippen molar-refractivity contribution in [1.29, 1.82) is 0 Å². The molecule has 0 aliphatic carbocycles. The Morgan fingerprint density at radius 3 is 2.27 bits per heavy atom. The van der Waals surface area contributed by atoms with E-state index in [2.05, 4.69) is 10.3 Å². The maximum absolute atomic E-state index is 15.2. The van der Waals surface area contributed by atoms with Crippen LogP contribution in [0.3, 0.4) is 0 Å². The third-order valence-corrected chi connectivity index (χ3v) is 9.25. The summed E-state index contributed by atoms with van der Waals surface area (Å²) in [6, 6.07) is 24.8. The topological polar surface area (TPSA) is 194 Å². The second-order valence-electron chi connectivity index (χ2n) is 12.7. The van der Waals surface area contributed by atoms with Crippen LogP contribution in [0.1, 0.15) is 35.5 Å². The molecule has 16 heteroatoms. The molecule has 2 unspecified atom stereocenters. The monoisotopic (exact) mass is 785 g/mol.